The van der Waals surface area contributed by atoms with Crippen LogP contribution in [-0.2, 0) is 17.7 Å². The molecule has 1 N–H and O–H groups in total. The largest absolute Gasteiger partial charge is 0.384 e. The van der Waals surface area contributed by atoms with Crippen molar-refractivity contribution in [3.8, 4) is 0 Å². The molecule has 0 saturated heterocycles. The lowest BCUT2D eigenvalue weighted by molar-refractivity contribution is 0.202. The van der Waals surface area contributed by atoms with Crippen molar-refractivity contribution in [1.29, 1.82) is 0 Å². The molecule has 0 spiro atoms. The molecule has 0 fully saturated rings. The normalized spacial score (nSPS) is 10.6. The maximum absolute atomic E-state index is 13.1. The van der Waals surface area contributed by atoms with Gasteiger partial charge in [0.05, 0.1) is 6.61 Å². The highest BCUT2D eigenvalue weighted by molar-refractivity contribution is 5.51. The van der Waals surface area contributed by atoms with Crippen LogP contribution in [0.2, 0.25) is 0 Å². The van der Waals surface area contributed by atoms with Gasteiger partial charge in [-0.2, -0.15) is 0 Å². The standard InChI is InChI=1S/C17H20FNO/c1-13-11-16(18)8-7-15(13)12-19-17-6-4-3-5-14(17)9-10-20-2/h3-8,11,19H,9-10,12H2,1-2H3. The maximum Gasteiger partial charge on any atom is 0.123 e. The number of hydrogen-bond acceptors (Lipinski definition) is 2. The van der Waals surface area contributed by atoms with Crippen molar-refractivity contribution in [2.24, 2.45) is 0 Å². The van der Waals surface area contributed by atoms with Gasteiger partial charge < -0.3 is 10.1 Å². The van der Waals surface area contributed by atoms with Crippen molar-refractivity contribution in [2.75, 3.05) is 19.0 Å². The van der Waals surface area contributed by atoms with Crippen molar-refractivity contribution < 1.29 is 9.13 Å². The minimum atomic E-state index is -0.188. The predicted molar refractivity (Wildman–Crippen MR) is 80.5 cm³/mol. The molecule has 0 aromatic heterocycles. The number of halogens is 1. The number of hydrogen-bond donors (Lipinski definition) is 1. The number of ether oxygens (including phenoxy) is 1. The van der Waals surface area contributed by atoms with Crippen LogP contribution in [0.4, 0.5) is 10.1 Å². The van der Waals surface area contributed by atoms with Gasteiger partial charge in [-0.3, -0.25) is 0 Å². The first-order valence-electron chi connectivity index (χ1n) is 6.76. The molecule has 106 valence electrons. The van der Waals surface area contributed by atoms with Crippen molar-refractivity contribution in [3.05, 3.63) is 65.0 Å². The quantitative estimate of drug-likeness (QED) is 0.861. The molecule has 0 amide bonds. The minimum absolute atomic E-state index is 0.188. The molecule has 0 saturated carbocycles. The number of para-hydroxylation sites is 1. The van der Waals surface area contributed by atoms with Gasteiger partial charge in [0.1, 0.15) is 5.82 Å². The van der Waals surface area contributed by atoms with Crippen LogP contribution < -0.4 is 5.32 Å². The summed E-state index contributed by atoms with van der Waals surface area (Å²) in [4.78, 5) is 0. The molecule has 3 heteroatoms. The van der Waals surface area contributed by atoms with Gasteiger partial charge in [0.15, 0.2) is 0 Å². The Hall–Kier alpha value is -1.87. The summed E-state index contributed by atoms with van der Waals surface area (Å²) >= 11 is 0. The van der Waals surface area contributed by atoms with Crippen LogP contribution >= 0.6 is 0 Å². The van der Waals surface area contributed by atoms with E-state index in [4.69, 9.17) is 4.74 Å². The lowest BCUT2D eigenvalue weighted by atomic mass is 10.1. The Kier molecular flexibility index (Phi) is 5.13. The van der Waals surface area contributed by atoms with Crippen LogP contribution in [0.1, 0.15) is 16.7 Å². The predicted octanol–water partition coefficient (Wildman–Crippen LogP) is 3.94. The molecule has 0 aliphatic rings. The zero-order valence-electron chi connectivity index (χ0n) is 11.9. The first-order chi connectivity index (χ1) is 9.70. The van der Waals surface area contributed by atoms with E-state index >= 15 is 0 Å². The van der Waals surface area contributed by atoms with E-state index in [1.165, 1.54) is 11.6 Å². The molecule has 0 aliphatic heterocycles. The third-order valence-corrected chi connectivity index (χ3v) is 3.37. The first kappa shape index (κ1) is 14.5. The second-order valence-corrected chi connectivity index (χ2v) is 4.82. The summed E-state index contributed by atoms with van der Waals surface area (Å²) in [6, 6.07) is 13.1. The zero-order chi connectivity index (χ0) is 14.4. The van der Waals surface area contributed by atoms with Gasteiger partial charge in [0.25, 0.3) is 0 Å². The van der Waals surface area contributed by atoms with E-state index in [2.05, 4.69) is 17.4 Å². The second kappa shape index (κ2) is 7.06. The number of rotatable bonds is 6. The van der Waals surface area contributed by atoms with Gasteiger partial charge in [0.2, 0.25) is 0 Å². The summed E-state index contributed by atoms with van der Waals surface area (Å²) in [5.41, 5.74) is 4.40. The van der Waals surface area contributed by atoms with E-state index in [-0.39, 0.29) is 5.82 Å². The molecular formula is C17H20FNO. The third kappa shape index (κ3) is 3.81. The number of anilines is 1. The van der Waals surface area contributed by atoms with E-state index in [0.717, 1.165) is 23.2 Å². The van der Waals surface area contributed by atoms with Crippen LogP contribution in [0.25, 0.3) is 0 Å². The van der Waals surface area contributed by atoms with E-state index in [1.807, 2.05) is 25.1 Å². The molecule has 0 unspecified atom stereocenters. The van der Waals surface area contributed by atoms with Gasteiger partial charge in [-0.15, -0.1) is 0 Å². The summed E-state index contributed by atoms with van der Waals surface area (Å²) in [6.07, 6.45) is 0.877. The molecule has 2 rings (SSSR count). The average molecular weight is 273 g/mol. The second-order valence-electron chi connectivity index (χ2n) is 4.82. The zero-order valence-corrected chi connectivity index (χ0v) is 11.9. The Bertz CT molecular complexity index is 569. The summed E-state index contributed by atoms with van der Waals surface area (Å²) < 4.78 is 18.2. The van der Waals surface area contributed by atoms with Crippen molar-refractivity contribution >= 4 is 5.69 Å². The van der Waals surface area contributed by atoms with Crippen molar-refractivity contribution in [2.45, 2.75) is 19.9 Å². The highest BCUT2D eigenvalue weighted by Crippen LogP contribution is 2.18. The van der Waals surface area contributed by atoms with Gasteiger partial charge in [-0.1, -0.05) is 24.3 Å². The minimum Gasteiger partial charge on any atom is -0.384 e. The first-order valence-corrected chi connectivity index (χ1v) is 6.76. The third-order valence-electron chi connectivity index (χ3n) is 3.37. The van der Waals surface area contributed by atoms with Crippen LogP contribution in [0.5, 0.6) is 0 Å². The van der Waals surface area contributed by atoms with E-state index in [0.29, 0.717) is 13.2 Å². The molecule has 2 nitrogen and oxygen atoms in total. The lowest BCUT2D eigenvalue weighted by Gasteiger charge is -2.13. The van der Waals surface area contributed by atoms with Crippen LogP contribution in [0.15, 0.2) is 42.5 Å². The molecule has 2 aromatic rings. The van der Waals surface area contributed by atoms with E-state index < -0.39 is 0 Å². The molecule has 0 heterocycles. The number of benzene rings is 2. The Morgan fingerprint density at radius 1 is 1.10 bits per heavy atom. The maximum atomic E-state index is 13.1. The van der Waals surface area contributed by atoms with Gasteiger partial charge in [-0.05, 0) is 48.2 Å². The van der Waals surface area contributed by atoms with Crippen LogP contribution in [-0.4, -0.2) is 13.7 Å². The Balaban J connectivity index is 2.06. The Morgan fingerprint density at radius 3 is 2.65 bits per heavy atom. The van der Waals surface area contributed by atoms with Gasteiger partial charge >= 0.3 is 0 Å². The summed E-state index contributed by atoms with van der Waals surface area (Å²) in [5.74, 6) is -0.188. The smallest absolute Gasteiger partial charge is 0.123 e. The lowest BCUT2D eigenvalue weighted by Crippen LogP contribution is -2.05. The molecule has 0 radical (unpaired) electrons. The molecular weight excluding hydrogens is 253 g/mol. The highest BCUT2D eigenvalue weighted by Gasteiger charge is 2.03. The summed E-state index contributed by atoms with van der Waals surface area (Å²) in [6.45, 7) is 3.32. The fourth-order valence-corrected chi connectivity index (χ4v) is 2.17. The molecule has 0 aliphatic carbocycles. The Morgan fingerprint density at radius 2 is 1.90 bits per heavy atom. The van der Waals surface area contributed by atoms with Crippen molar-refractivity contribution in [3.63, 3.8) is 0 Å². The number of nitrogens with one attached hydrogen (secondary N) is 1. The molecule has 0 bridgehead atoms. The Labute approximate surface area is 119 Å². The number of aryl methyl sites for hydroxylation is 1. The number of methoxy groups -OCH3 is 1. The summed E-state index contributed by atoms with van der Waals surface area (Å²) in [5, 5.41) is 3.42. The van der Waals surface area contributed by atoms with Crippen LogP contribution in [0, 0.1) is 12.7 Å². The average Bonchev–Trinajstić information content (AvgIpc) is 2.45. The van der Waals surface area contributed by atoms with E-state index in [9.17, 15) is 4.39 Å². The fraction of sp³-hybridized carbons (Fsp3) is 0.294. The van der Waals surface area contributed by atoms with Crippen LogP contribution in [0.3, 0.4) is 0 Å². The van der Waals surface area contributed by atoms with Crippen molar-refractivity contribution in [1.82, 2.24) is 0 Å². The monoisotopic (exact) mass is 273 g/mol. The molecule has 20 heavy (non-hydrogen) atoms. The highest BCUT2D eigenvalue weighted by atomic mass is 19.1. The topological polar surface area (TPSA) is 21.3 Å². The molecule has 2 aromatic carbocycles. The SMILES string of the molecule is COCCc1ccccc1NCc1ccc(F)cc1C. The van der Waals surface area contributed by atoms with Gasteiger partial charge in [0, 0.05) is 19.3 Å². The fourth-order valence-electron chi connectivity index (χ4n) is 2.17. The van der Waals surface area contributed by atoms with E-state index in [1.54, 1.807) is 13.2 Å². The summed E-state index contributed by atoms with van der Waals surface area (Å²) in [7, 11) is 1.71. The molecule has 0 atom stereocenters. The van der Waals surface area contributed by atoms with Gasteiger partial charge in [-0.25, -0.2) is 4.39 Å².